The van der Waals surface area contributed by atoms with Crippen molar-refractivity contribution < 1.29 is 18.1 Å². The number of sulfonamides is 1. The molecule has 1 aliphatic heterocycles. The zero-order valence-electron chi connectivity index (χ0n) is 15.3. The van der Waals surface area contributed by atoms with Crippen LogP contribution in [0.5, 0.6) is 0 Å². The number of nitrogens with one attached hydrogen (secondary N) is 1. The van der Waals surface area contributed by atoms with E-state index >= 15 is 0 Å². The predicted molar refractivity (Wildman–Crippen MR) is 105 cm³/mol. The summed E-state index contributed by atoms with van der Waals surface area (Å²) in [5.74, 6) is 0.314. The molecule has 9 nitrogen and oxygen atoms in total. The van der Waals surface area contributed by atoms with Crippen LogP contribution in [-0.4, -0.2) is 65.3 Å². The van der Waals surface area contributed by atoms with Gasteiger partial charge in [-0.2, -0.15) is 5.10 Å². The van der Waals surface area contributed by atoms with E-state index in [1.54, 1.807) is 12.2 Å². The Kier molecular flexibility index (Phi) is 5.76. The van der Waals surface area contributed by atoms with Crippen LogP contribution in [0.2, 0.25) is 0 Å². The molecule has 0 radical (unpaired) electrons. The lowest BCUT2D eigenvalue weighted by molar-refractivity contribution is -0.535. The fraction of sp³-hybridized carbons (Fsp3) is 0.471. The zero-order chi connectivity index (χ0) is 19.4. The van der Waals surface area contributed by atoms with Gasteiger partial charge in [-0.3, -0.25) is 4.72 Å². The van der Waals surface area contributed by atoms with Gasteiger partial charge in [0.25, 0.3) is 0 Å². The minimum atomic E-state index is -3.47. The smallest absolute Gasteiger partial charge is 0.229 e. The van der Waals surface area contributed by atoms with Gasteiger partial charge in [0.05, 0.1) is 37.0 Å². The highest BCUT2D eigenvalue weighted by Gasteiger charge is 2.22. The molecular weight excluding hydrogens is 368 g/mol. The maximum Gasteiger partial charge on any atom is 0.229 e. The minimum Gasteiger partial charge on any atom is -0.394 e. The summed E-state index contributed by atoms with van der Waals surface area (Å²) in [4.78, 5) is 4.48. The Morgan fingerprint density at radius 3 is 2.74 bits per heavy atom. The van der Waals surface area contributed by atoms with Gasteiger partial charge in [-0.25, -0.2) is 22.7 Å². The number of rotatable bonds is 5. The molecule has 146 valence electrons. The predicted octanol–water partition coefficient (Wildman–Crippen LogP) is 0.170. The van der Waals surface area contributed by atoms with Crippen LogP contribution < -0.4 is 10.5 Å². The fourth-order valence-electron chi connectivity index (χ4n) is 3.13. The second kappa shape index (κ2) is 8.05. The van der Waals surface area contributed by atoms with E-state index in [4.69, 9.17) is 10.8 Å². The van der Waals surface area contributed by atoms with Crippen molar-refractivity contribution in [2.45, 2.75) is 25.8 Å². The molecule has 1 aromatic heterocycles. The molecule has 10 heteroatoms. The van der Waals surface area contributed by atoms with Crippen molar-refractivity contribution in [3.63, 3.8) is 0 Å². The molecule has 2 heterocycles. The summed E-state index contributed by atoms with van der Waals surface area (Å²) in [6.45, 7) is 2.09. The molecule has 0 bridgehead atoms. The Morgan fingerprint density at radius 2 is 2.07 bits per heavy atom. The van der Waals surface area contributed by atoms with Gasteiger partial charge in [-0.15, -0.1) is 0 Å². The largest absolute Gasteiger partial charge is 0.394 e. The molecule has 0 unspecified atom stereocenters. The van der Waals surface area contributed by atoms with E-state index in [1.807, 2.05) is 6.08 Å². The first-order chi connectivity index (χ1) is 12.9. The highest BCUT2D eigenvalue weighted by Crippen LogP contribution is 2.23. The highest BCUT2D eigenvalue weighted by atomic mass is 32.2. The summed E-state index contributed by atoms with van der Waals surface area (Å²) in [5, 5.41) is 13.1. The summed E-state index contributed by atoms with van der Waals surface area (Å²) in [5.41, 5.74) is 8.25. The average molecular weight is 393 g/mol. The van der Waals surface area contributed by atoms with Crippen LogP contribution in [0, 0.1) is 0 Å². The van der Waals surface area contributed by atoms with Crippen LogP contribution in [0.4, 0.5) is 11.5 Å². The van der Waals surface area contributed by atoms with E-state index in [-0.39, 0.29) is 13.2 Å². The topological polar surface area (TPSA) is 126 Å². The van der Waals surface area contributed by atoms with Crippen LogP contribution in [0.15, 0.2) is 35.1 Å². The lowest BCUT2D eigenvalue weighted by Crippen LogP contribution is -2.31. The number of anilines is 1. The standard InChI is InChI=1S/C17H24N6O3S/c1-27(25,26)21-15-11-13(22-7-3-2-4-8-22)5-6-14(15)20-16-12-19-23(9-10-24)17(16)18/h5-6,11-12,24H,2-4,7-10H2,1H3,(H2,18,19,21)/p+1. The zero-order valence-corrected chi connectivity index (χ0v) is 16.1. The van der Waals surface area contributed by atoms with Crippen LogP contribution in [0.25, 0.3) is 0 Å². The number of hydrogen-bond donors (Lipinski definition) is 3. The van der Waals surface area contributed by atoms with Crippen LogP contribution in [0.1, 0.15) is 19.3 Å². The van der Waals surface area contributed by atoms with Gasteiger partial charge in [0, 0.05) is 25.0 Å². The van der Waals surface area contributed by atoms with E-state index in [1.165, 1.54) is 17.3 Å². The molecule has 0 saturated carbocycles. The first kappa shape index (κ1) is 19.3. The van der Waals surface area contributed by atoms with Crippen molar-refractivity contribution in [3.05, 3.63) is 30.1 Å². The van der Waals surface area contributed by atoms with Crippen LogP contribution in [-0.2, 0) is 16.6 Å². The van der Waals surface area contributed by atoms with Crippen LogP contribution >= 0.6 is 0 Å². The Bertz CT molecular complexity index is 932. The van der Waals surface area contributed by atoms with Gasteiger partial charge in [-0.05, 0) is 12.5 Å². The SMILES string of the molecule is CS(=O)(=O)NC1=CC(=[N+]2CCCCC2)C=CC1=Nc1cnn(CCO)c1N. The van der Waals surface area contributed by atoms with Crippen molar-refractivity contribution >= 4 is 33.0 Å². The number of aromatic nitrogens is 2. The van der Waals surface area contributed by atoms with E-state index in [0.29, 0.717) is 22.9 Å². The number of aliphatic hydroxyl groups is 1. The van der Waals surface area contributed by atoms with Crippen molar-refractivity contribution in [3.8, 4) is 0 Å². The summed E-state index contributed by atoms with van der Waals surface area (Å²) < 4.78 is 29.9. The normalized spacial score (nSPS) is 19.5. The molecule has 1 aliphatic carbocycles. The van der Waals surface area contributed by atoms with Gasteiger partial charge in [0.15, 0.2) is 0 Å². The summed E-state index contributed by atoms with van der Waals surface area (Å²) in [6, 6.07) is 0. The number of nitrogens with zero attached hydrogens (tertiary/aromatic N) is 4. The quantitative estimate of drug-likeness (QED) is 0.486. The third-order valence-corrected chi connectivity index (χ3v) is 5.00. The van der Waals surface area contributed by atoms with Crippen molar-refractivity contribution in [2.75, 3.05) is 31.7 Å². The van der Waals surface area contributed by atoms with Crippen molar-refractivity contribution in [1.29, 1.82) is 0 Å². The summed E-state index contributed by atoms with van der Waals surface area (Å²) >= 11 is 0. The highest BCUT2D eigenvalue weighted by molar-refractivity contribution is 7.88. The molecule has 0 amide bonds. The van der Waals surface area contributed by atoms with E-state index < -0.39 is 10.0 Å². The lowest BCUT2D eigenvalue weighted by Gasteiger charge is -2.16. The molecule has 1 saturated heterocycles. The van der Waals surface area contributed by atoms with Gasteiger partial charge in [0.1, 0.15) is 24.6 Å². The molecule has 0 spiro atoms. The van der Waals surface area contributed by atoms with Gasteiger partial charge >= 0.3 is 0 Å². The van der Waals surface area contributed by atoms with Crippen LogP contribution in [0.3, 0.4) is 0 Å². The first-order valence-corrected chi connectivity index (χ1v) is 10.8. The molecule has 3 rings (SSSR count). The molecule has 1 fully saturated rings. The third-order valence-electron chi connectivity index (χ3n) is 4.41. The molecule has 27 heavy (non-hydrogen) atoms. The number of aliphatic imine (C=N–C) groups is 1. The summed E-state index contributed by atoms with van der Waals surface area (Å²) in [7, 11) is -3.47. The number of allylic oxidation sites excluding steroid dienone is 3. The first-order valence-electron chi connectivity index (χ1n) is 8.88. The second-order valence-electron chi connectivity index (χ2n) is 6.60. The maximum atomic E-state index is 11.8. The van der Waals surface area contributed by atoms with E-state index in [9.17, 15) is 8.42 Å². The third kappa shape index (κ3) is 4.83. The number of nitrogens with two attached hydrogens (primary N) is 1. The number of aliphatic hydroxyl groups excluding tert-OH is 1. The van der Waals surface area contributed by atoms with E-state index in [2.05, 4.69) is 19.4 Å². The number of hydrogen-bond acceptors (Lipinski definition) is 6. The lowest BCUT2D eigenvalue weighted by atomic mass is 10.1. The number of piperidine rings is 1. The monoisotopic (exact) mass is 393 g/mol. The van der Waals surface area contributed by atoms with Crippen molar-refractivity contribution in [1.82, 2.24) is 14.5 Å². The Labute approximate surface area is 158 Å². The molecule has 0 aromatic carbocycles. The molecule has 1 aromatic rings. The maximum absolute atomic E-state index is 11.8. The van der Waals surface area contributed by atoms with Gasteiger partial charge in [-0.1, -0.05) is 0 Å². The fourth-order valence-corrected chi connectivity index (χ4v) is 3.69. The van der Waals surface area contributed by atoms with Crippen molar-refractivity contribution in [2.24, 2.45) is 4.99 Å². The second-order valence-corrected chi connectivity index (χ2v) is 8.35. The molecule has 2 aliphatic rings. The Hall–Kier alpha value is -2.46. The Morgan fingerprint density at radius 1 is 1.33 bits per heavy atom. The molecular formula is C17H25N6O3S+. The van der Waals surface area contributed by atoms with Gasteiger partial charge < -0.3 is 10.8 Å². The molecule has 4 N–H and O–H groups in total. The number of nitrogen functional groups attached to an aromatic ring is 1. The van der Waals surface area contributed by atoms with E-state index in [0.717, 1.165) is 37.9 Å². The van der Waals surface area contributed by atoms with Gasteiger partial charge in [0.2, 0.25) is 15.7 Å². The average Bonchev–Trinajstić information content (AvgIpc) is 2.96. The Balaban J connectivity index is 1.98. The minimum absolute atomic E-state index is 0.0866. The summed E-state index contributed by atoms with van der Waals surface area (Å²) in [6.07, 6.45) is 11.6. The molecule has 0 atom stereocenters.